The van der Waals surface area contributed by atoms with E-state index in [0.717, 1.165) is 35.9 Å². The van der Waals surface area contributed by atoms with Gasteiger partial charge in [0.2, 0.25) is 5.82 Å². The first-order valence-corrected chi connectivity index (χ1v) is 7.12. The van der Waals surface area contributed by atoms with Gasteiger partial charge in [0.15, 0.2) is 0 Å². The Balaban J connectivity index is 2.58. The number of aromatic nitrogens is 2. The summed E-state index contributed by atoms with van der Waals surface area (Å²) in [7, 11) is 0. The summed E-state index contributed by atoms with van der Waals surface area (Å²) in [4.78, 5) is 20.0. The van der Waals surface area contributed by atoms with Gasteiger partial charge in [-0.3, -0.25) is 4.79 Å². The van der Waals surface area contributed by atoms with Gasteiger partial charge in [0.05, 0.1) is 11.2 Å². The molecule has 106 valence electrons. The summed E-state index contributed by atoms with van der Waals surface area (Å²) in [6, 6.07) is 5.99. The Kier molecular flexibility index (Phi) is 4.32. The van der Waals surface area contributed by atoms with Crippen molar-refractivity contribution in [2.45, 2.75) is 40.0 Å². The van der Waals surface area contributed by atoms with Crippen molar-refractivity contribution in [1.82, 2.24) is 9.97 Å². The van der Waals surface area contributed by atoms with E-state index in [0.29, 0.717) is 5.92 Å². The molecule has 1 aromatic heterocycles. The molecule has 20 heavy (non-hydrogen) atoms. The van der Waals surface area contributed by atoms with Crippen molar-refractivity contribution >= 4 is 16.8 Å². The maximum Gasteiger partial charge on any atom is 0.286 e. The van der Waals surface area contributed by atoms with Gasteiger partial charge in [-0.15, -0.1) is 0 Å². The second-order valence-electron chi connectivity index (χ2n) is 5.27. The number of amides is 1. The Labute approximate surface area is 119 Å². The molecule has 2 rings (SSSR count). The van der Waals surface area contributed by atoms with E-state index in [1.54, 1.807) is 0 Å². The van der Waals surface area contributed by atoms with E-state index in [1.165, 1.54) is 5.56 Å². The lowest BCUT2D eigenvalue weighted by atomic mass is 9.95. The van der Waals surface area contributed by atoms with Crippen molar-refractivity contribution in [3.63, 3.8) is 0 Å². The third-order valence-electron chi connectivity index (χ3n) is 3.79. The van der Waals surface area contributed by atoms with E-state index in [4.69, 9.17) is 5.73 Å². The molecule has 1 aromatic carbocycles. The van der Waals surface area contributed by atoms with Crippen LogP contribution in [0, 0.1) is 12.8 Å². The van der Waals surface area contributed by atoms with Crippen LogP contribution in [0.2, 0.25) is 0 Å². The molecular formula is C16H21N3O. The van der Waals surface area contributed by atoms with E-state index >= 15 is 0 Å². The third-order valence-corrected chi connectivity index (χ3v) is 3.79. The molecule has 0 fully saturated rings. The zero-order valence-electron chi connectivity index (χ0n) is 12.3. The normalized spacial score (nSPS) is 11.2. The molecule has 0 bridgehead atoms. The van der Waals surface area contributed by atoms with Gasteiger partial charge in [0, 0.05) is 5.39 Å². The standard InChI is InChI=1S/C16H21N3O/c1-4-11(5-2)9-14-12-8-10(3)6-7-13(12)18-16(19-14)15(17)20/h6-8,11H,4-5,9H2,1-3H3,(H2,17,20). The molecule has 0 radical (unpaired) electrons. The topological polar surface area (TPSA) is 68.9 Å². The second kappa shape index (κ2) is 5.99. The molecule has 2 N–H and O–H groups in total. The summed E-state index contributed by atoms with van der Waals surface area (Å²) >= 11 is 0. The monoisotopic (exact) mass is 271 g/mol. The largest absolute Gasteiger partial charge is 0.363 e. The molecule has 4 heteroatoms. The Hall–Kier alpha value is -1.97. The summed E-state index contributed by atoms with van der Waals surface area (Å²) in [5.74, 6) is 0.106. The van der Waals surface area contributed by atoms with E-state index in [9.17, 15) is 4.79 Å². The minimum absolute atomic E-state index is 0.113. The highest BCUT2D eigenvalue weighted by atomic mass is 16.1. The maximum absolute atomic E-state index is 11.4. The summed E-state index contributed by atoms with van der Waals surface area (Å²) in [6.45, 7) is 6.40. The molecule has 0 aliphatic rings. The molecular weight excluding hydrogens is 250 g/mol. The molecule has 0 aliphatic heterocycles. The number of benzene rings is 1. The Morgan fingerprint density at radius 2 is 1.95 bits per heavy atom. The highest BCUT2D eigenvalue weighted by Crippen LogP contribution is 2.22. The van der Waals surface area contributed by atoms with Crippen LogP contribution in [-0.4, -0.2) is 15.9 Å². The van der Waals surface area contributed by atoms with E-state index in [1.807, 2.05) is 19.1 Å². The van der Waals surface area contributed by atoms with Crippen LogP contribution < -0.4 is 5.73 Å². The molecule has 1 heterocycles. The Morgan fingerprint density at radius 3 is 2.55 bits per heavy atom. The summed E-state index contributed by atoms with van der Waals surface area (Å²) in [6.07, 6.45) is 3.05. The third kappa shape index (κ3) is 2.95. The first kappa shape index (κ1) is 14.4. The lowest BCUT2D eigenvalue weighted by Gasteiger charge is -2.14. The highest BCUT2D eigenvalue weighted by molar-refractivity contribution is 5.92. The van der Waals surface area contributed by atoms with Crippen molar-refractivity contribution in [3.8, 4) is 0 Å². The van der Waals surface area contributed by atoms with Crippen LogP contribution in [0.25, 0.3) is 10.9 Å². The average molecular weight is 271 g/mol. The predicted molar refractivity (Wildman–Crippen MR) is 80.6 cm³/mol. The summed E-state index contributed by atoms with van der Waals surface area (Å²) in [5, 5.41) is 1.03. The van der Waals surface area contributed by atoms with Crippen LogP contribution in [0.15, 0.2) is 18.2 Å². The SMILES string of the molecule is CCC(CC)Cc1nc(C(N)=O)nc2ccc(C)cc12. The van der Waals surface area contributed by atoms with Gasteiger partial charge < -0.3 is 5.73 Å². The number of hydrogen-bond acceptors (Lipinski definition) is 3. The lowest BCUT2D eigenvalue weighted by molar-refractivity contribution is 0.0990. The fraction of sp³-hybridized carbons (Fsp3) is 0.438. The second-order valence-corrected chi connectivity index (χ2v) is 5.27. The number of nitrogens with two attached hydrogens (primary N) is 1. The minimum Gasteiger partial charge on any atom is -0.363 e. The van der Waals surface area contributed by atoms with Crippen molar-refractivity contribution < 1.29 is 4.79 Å². The fourth-order valence-corrected chi connectivity index (χ4v) is 2.42. The number of nitrogens with zero attached hydrogens (tertiary/aromatic N) is 2. The summed E-state index contributed by atoms with van der Waals surface area (Å²) < 4.78 is 0. The molecule has 1 amide bonds. The van der Waals surface area contributed by atoms with Gasteiger partial charge >= 0.3 is 0 Å². The van der Waals surface area contributed by atoms with E-state index in [2.05, 4.69) is 29.9 Å². The molecule has 0 spiro atoms. The highest BCUT2D eigenvalue weighted by Gasteiger charge is 2.14. The molecule has 0 saturated heterocycles. The van der Waals surface area contributed by atoms with Gasteiger partial charge in [0.25, 0.3) is 5.91 Å². The number of fused-ring (bicyclic) bond motifs is 1. The Morgan fingerprint density at radius 1 is 1.25 bits per heavy atom. The predicted octanol–water partition coefficient (Wildman–Crippen LogP) is 3.02. The van der Waals surface area contributed by atoms with Crippen molar-refractivity contribution in [2.24, 2.45) is 11.7 Å². The number of hydrogen-bond donors (Lipinski definition) is 1. The van der Waals surface area contributed by atoms with Crippen molar-refractivity contribution in [1.29, 1.82) is 0 Å². The molecule has 2 aromatic rings. The number of rotatable bonds is 5. The zero-order chi connectivity index (χ0) is 14.7. The first-order valence-electron chi connectivity index (χ1n) is 7.12. The van der Waals surface area contributed by atoms with Crippen LogP contribution in [-0.2, 0) is 6.42 Å². The van der Waals surface area contributed by atoms with Gasteiger partial charge in [-0.25, -0.2) is 9.97 Å². The number of aryl methyl sites for hydroxylation is 1. The van der Waals surface area contributed by atoms with E-state index in [-0.39, 0.29) is 5.82 Å². The van der Waals surface area contributed by atoms with Crippen LogP contribution in [0.4, 0.5) is 0 Å². The quantitative estimate of drug-likeness (QED) is 0.908. The molecule has 0 saturated carbocycles. The van der Waals surface area contributed by atoms with Crippen molar-refractivity contribution in [3.05, 3.63) is 35.3 Å². The Bertz CT molecular complexity index is 633. The lowest BCUT2D eigenvalue weighted by Crippen LogP contribution is -2.17. The molecule has 0 aliphatic carbocycles. The van der Waals surface area contributed by atoms with Gasteiger partial charge in [-0.2, -0.15) is 0 Å². The smallest absolute Gasteiger partial charge is 0.286 e. The van der Waals surface area contributed by atoms with Crippen LogP contribution in [0.5, 0.6) is 0 Å². The zero-order valence-corrected chi connectivity index (χ0v) is 12.3. The van der Waals surface area contributed by atoms with Crippen LogP contribution >= 0.6 is 0 Å². The average Bonchev–Trinajstić information content (AvgIpc) is 2.44. The fourth-order valence-electron chi connectivity index (χ4n) is 2.42. The molecule has 0 atom stereocenters. The maximum atomic E-state index is 11.4. The minimum atomic E-state index is -0.571. The van der Waals surface area contributed by atoms with Gasteiger partial charge in [-0.05, 0) is 31.4 Å². The van der Waals surface area contributed by atoms with Gasteiger partial charge in [-0.1, -0.05) is 38.3 Å². The number of carbonyl (C=O) groups is 1. The van der Waals surface area contributed by atoms with Crippen LogP contribution in [0.1, 0.15) is 48.6 Å². The summed E-state index contributed by atoms with van der Waals surface area (Å²) in [5.41, 5.74) is 8.22. The molecule has 0 unspecified atom stereocenters. The van der Waals surface area contributed by atoms with Gasteiger partial charge in [0.1, 0.15) is 0 Å². The van der Waals surface area contributed by atoms with E-state index < -0.39 is 5.91 Å². The first-order chi connectivity index (χ1) is 9.55. The van der Waals surface area contributed by atoms with Crippen molar-refractivity contribution in [2.75, 3.05) is 0 Å². The molecule has 4 nitrogen and oxygen atoms in total. The number of carbonyl (C=O) groups excluding carboxylic acids is 1. The number of primary amides is 1. The van der Waals surface area contributed by atoms with Crippen LogP contribution in [0.3, 0.4) is 0 Å².